The molecule has 4 aliphatic rings. The van der Waals surface area contributed by atoms with Crippen LogP contribution < -0.4 is 44.9 Å². The molecule has 87 heavy (non-hydrogen) atoms. The number of carboxylic acids is 1. The Morgan fingerprint density at radius 3 is 1.33 bits per heavy atom. The van der Waals surface area contributed by atoms with Crippen molar-refractivity contribution in [1.29, 1.82) is 0 Å². The molecular formula is C65H81N7O15. The van der Waals surface area contributed by atoms with E-state index in [0.717, 1.165) is 79.6 Å². The number of nitrogens with one attached hydrogen (secondary N) is 1. The van der Waals surface area contributed by atoms with E-state index in [2.05, 4.69) is 15.1 Å². The molecule has 0 spiro atoms. The van der Waals surface area contributed by atoms with Crippen LogP contribution in [0.25, 0.3) is 21.8 Å². The number of aliphatic carboxylic acids is 1. The topological polar surface area (TPSA) is 231 Å². The zero-order valence-electron chi connectivity index (χ0n) is 50.9. The minimum absolute atomic E-state index is 0.00600. The number of carbonyl (C=O) groups is 4. The Bertz CT molecular complexity index is 3520. The third-order valence-electron chi connectivity index (χ3n) is 15.4. The number of carboxylic acid groups (broad SMARTS) is 1. The van der Waals surface area contributed by atoms with Crippen molar-refractivity contribution in [2.45, 2.75) is 117 Å². The summed E-state index contributed by atoms with van der Waals surface area (Å²) in [6, 6.07) is 28.8. The molecule has 6 aromatic rings. The molecule has 4 aromatic carbocycles. The fourth-order valence-corrected chi connectivity index (χ4v) is 11.1. The number of amides is 3. The highest BCUT2D eigenvalue weighted by atomic mass is 16.6. The van der Waals surface area contributed by atoms with Gasteiger partial charge in [-0.25, -0.2) is 14.4 Å². The summed E-state index contributed by atoms with van der Waals surface area (Å²) in [6.45, 7) is 18.9. The normalized spacial score (nSPS) is 15.6. The first-order chi connectivity index (χ1) is 41.7. The van der Waals surface area contributed by atoms with E-state index in [-0.39, 0.29) is 47.9 Å². The van der Waals surface area contributed by atoms with Crippen LogP contribution >= 0.6 is 0 Å². The number of fused-ring (bicyclic) bond motifs is 4. The maximum atomic E-state index is 13.4. The molecule has 0 atom stereocenters. The van der Waals surface area contributed by atoms with Gasteiger partial charge in [0.05, 0.1) is 11.0 Å². The maximum absolute atomic E-state index is 13.4. The minimum Gasteiger partial charge on any atom is -0.486 e. The minimum atomic E-state index is -1.06. The monoisotopic (exact) mass is 1200 g/mol. The van der Waals surface area contributed by atoms with Gasteiger partial charge in [-0.3, -0.25) is 14.4 Å². The number of likely N-dealkylation sites (tertiary alicyclic amines) is 2. The molecule has 2 aromatic heterocycles. The molecule has 2 fully saturated rings. The summed E-state index contributed by atoms with van der Waals surface area (Å²) < 4.78 is 49.1. The highest BCUT2D eigenvalue weighted by Gasteiger charge is 2.34. The molecular weight excluding hydrogens is 1120 g/mol. The number of carbonyl (C=O) groups excluding carboxylic acids is 3. The zero-order valence-corrected chi connectivity index (χ0v) is 50.9. The second-order valence-corrected chi connectivity index (χ2v) is 24.0. The second kappa shape index (κ2) is 28.3. The molecule has 3 amide bonds. The molecule has 0 bridgehead atoms. The number of benzene rings is 4. The van der Waals surface area contributed by atoms with Crippen molar-refractivity contribution in [3.63, 3.8) is 0 Å². The largest absolute Gasteiger partial charge is 0.486 e. The van der Waals surface area contributed by atoms with E-state index in [1.54, 1.807) is 46.5 Å². The van der Waals surface area contributed by atoms with Crippen molar-refractivity contribution in [2.24, 2.45) is 0 Å². The molecule has 0 saturated carbocycles. The summed E-state index contributed by atoms with van der Waals surface area (Å²) in [4.78, 5) is 83.4. The van der Waals surface area contributed by atoms with Gasteiger partial charge in [0.15, 0.2) is 36.2 Å². The van der Waals surface area contributed by atoms with Crippen molar-refractivity contribution in [3.8, 4) is 34.5 Å². The SMILES string of the molecule is CC(C)(C)OC(=O)N(Cc1ccc2c(c1)OCCO2)C1CCN(CCn2c(=O)ccc3c(OCC(=O)O)cccc32)CC1.CNC(=O)COc1cccc2c1ccc(=O)n2CCN1CCC(N(Cc2ccc3c(c2)OCCO3)C(=O)OC(C)(C)C)CC1. The summed E-state index contributed by atoms with van der Waals surface area (Å²) >= 11 is 0. The maximum Gasteiger partial charge on any atom is 0.410 e. The smallest absolute Gasteiger partial charge is 0.410 e. The van der Waals surface area contributed by atoms with Gasteiger partial charge in [0.25, 0.3) is 17.0 Å². The summed E-state index contributed by atoms with van der Waals surface area (Å²) in [5, 5.41) is 13.0. The van der Waals surface area contributed by atoms with Crippen LogP contribution in [-0.2, 0) is 45.2 Å². The predicted molar refractivity (Wildman–Crippen MR) is 326 cm³/mol. The number of pyridine rings is 2. The number of piperidine rings is 2. The van der Waals surface area contributed by atoms with E-state index in [1.807, 2.05) is 106 Å². The summed E-state index contributed by atoms with van der Waals surface area (Å²) in [5.41, 5.74) is 1.91. The van der Waals surface area contributed by atoms with E-state index in [0.29, 0.717) is 105 Å². The Kier molecular flexibility index (Phi) is 20.5. The molecule has 6 heterocycles. The third-order valence-corrected chi connectivity index (χ3v) is 15.4. The highest BCUT2D eigenvalue weighted by Crippen LogP contribution is 2.35. The fraction of sp³-hybridized carbons (Fsp3) is 0.477. The lowest BCUT2D eigenvalue weighted by molar-refractivity contribution is -0.139. The molecule has 0 unspecified atom stereocenters. The van der Waals surface area contributed by atoms with Crippen LogP contribution in [0.15, 0.2) is 107 Å². The van der Waals surface area contributed by atoms with E-state index in [1.165, 1.54) is 12.1 Å². The molecule has 2 saturated heterocycles. The summed E-state index contributed by atoms with van der Waals surface area (Å²) in [5.74, 6) is 2.50. The Labute approximate surface area is 506 Å². The van der Waals surface area contributed by atoms with Crippen molar-refractivity contribution in [3.05, 3.63) is 129 Å². The van der Waals surface area contributed by atoms with Crippen LogP contribution in [0.4, 0.5) is 9.59 Å². The first kappa shape index (κ1) is 63.0. The van der Waals surface area contributed by atoms with Gasteiger partial charge in [-0.2, -0.15) is 0 Å². The van der Waals surface area contributed by atoms with Gasteiger partial charge in [-0.05, 0) is 139 Å². The van der Waals surface area contributed by atoms with Crippen LogP contribution in [0.2, 0.25) is 0 Å². The van der Waals surface area contributed by atoms with Crippen molar-refractivity contribution in [1.82, 2.24) is 34.1 Å². The molecule has 0 radical (unpaired) electrons. The van der Waals surface area contributed by atoms with E-state index >= 15 is 0 Å². The Hall–Kier alpha value is -8.50. The standard InChI is InChI=1S/C33H42N4O7.C32H39N3O8/c1-33(2,3)44-32(40)37(21-23-8-10-28-29(20-23)42-19-18-41-28)24-12-14-35(15-13-24)16-17-36-26-6-5-7-27(43-22-30(38)34-4)25(26)9-11-31(36)39;1-32(2,3)43-31(39)35(20-22-7-9-27-28(19-22)41-18-17-40-27)23-11-13-33(14-12-23)15-16-34-25-5-4-6-26(42-21-30(37)38)24(25)8-10-29(34)36/h5-11,20,24H,12-19,21-22H2,1-4H3,(H,34,38);4-10,19,23H,11-18,20-21H2,1-3H3,(H,37,38). The molecule has 10 rings (SSSR count). The Morgan fingerprint density at radius 1 is 0.540 bits per heavy atom. The van der Waals surface area contributed by atoms with Crippen LogP contribution in [0.3, 0.4) is 0 Å². The Balaban J connectivity index is 0.000000208. The van der Waals surface area contributed by atoms with E-state index < -0.39 is 23.8 Å². The average molecular weight is 1200 g/mol. The van der Waals surface area contributed by atoms with Gasteiger partial charge in [0, 0.05) is 107 Å². The van der Waals surface area contributed by atoms with Gasteiger partial charge in [0.1, 0.15) is 49.1 Å². The lowest BCUT2D eigenvalue weighted by atomic mass is 10.0. The number of rotatable bonds is 18. The quantitative estimate of drug-likeness (QED) is 0.0832. The highest BCUT2D eigenvalue weighted by molar-refractivity contribution is 5.87. The average Bonchev–Trinajstić information content (AvgIpc) is 1.63. The second-order valence-electron chi connectivity index (χ2n) is 24.0. The number of aromatic nitrogens is 2. The molecule has 4 aliphatic heterocycles. The van der Waals surface area contributed by atoms with Crippen LogP contribution in [0.1, 0.15) is 78.4 Å². The van der Waals surface area contributed by atoms with Gasteiger partial charge >= 0.3 is 18.2 Å². The molecule has 0 aliphatic carbocycles. The number of nitrogens with zero attached hydrogens (tertiary/aromatic N) is 6. The van der Waals surface area contributed by atoms with Gasteiger partial charge in [0.2, 0.25) is 0 Å². The van der Waals surface area contributed by atoms with Gasteiger partial charge in [-0.1, -0.05) is 24.3 Å². The van der Waals surface area contributed by atoms with Crippen LogP contribution in [-0.4, -0.2) is 167 Å². The molecule has 22 heteroatoms. The van der Waals surface area contributed by atoms with Crippen LogP contribution in [0, 0.1) is 0 Å². The third kappa shape index (κ3) is 16.9. The fourth-order valence-electron chi connectivity index (χ4n) is 11.1. The summed E-state index contributed by atoms with van der Waals surface area (Å²) in [6.07, 6.45) is 2.42. The molecule has 2 N–H and O–H groups in total. The lowest BCUT2D eigenvalue weighted by Crippen LogP contribution is -2.49. The van der Waals surface area contributed by atoms with Crippen molar-refractivity contribution < 1.29 is 62.2 Å². The van der Waals surface area contributed by atoms with Gasteiger partial charge in [-0.15, -0.1) is 0 Å². The van der Waals surface area contributed by atoms with Crippen molar-refractivity contribution in [2.75, 3.05) is 86.0 Å². The predicted octanol–water partition coefficient (Wildman–Crippen LogP) is 7.94. The number of likely N-dealkylation sites (N-methyl/N-ethyl adjacent to an activating group) is 1. The van der Waals surface area contributed by atoms with Gasteiger partial charge < -0.3 is 77.1 Å². The number of hydrogen-bond donors (Lipinski definition) is 2. The summed E-state index contributed by atoms with van der Waals surface area (Å²) in [7, 11) is 1.56. The lowest BCUT2D eigenvalue weighted by Gasteiger charge is -2.39. The number of hydrogen-bond acceptors (Lipinski definition) is 16. The van der Waals surface area contributed by atoms with Crippen molar-refractivity contribution >= 4 is 45.9 Å². The molecule has 22 nitrogen and oxygen atoms in total. The Morgan fingerprint density at radius 2 is 0.943 bits per heavy atom. The zero-order chi connectivity index (χ0) is 61.8. The number of ether oxygens (including phenoxy) is 8. The van der Waals surface area contributed by atoms with Crippen LogP contribution in [0.5, 0.6) is 34.5 Å². The van der Waals surface area contributed by atoms with E-state index in [9.17, 15) is 28.8 Å². The molecule has 466 valence electrons. The van der Waals surface area contributed by atoms with E-state index in [4.69, 9.17) is 43.0 Å². The first-order valence-corrected chi connectivity index (χ1v) is 29.8. The first-order valence-electron chi connectivity index (χ1n) is 29.8.